The first-order valence-electron chi connectivity index (χ1n) is 27.1. The molecule has 0 fully saturated rings. The Balaban J connectivity index is 4.19. The van der Waals surface area contributed by atoms with Crippen LogP contribution in [-0.2, 0) is 38.1 Å². The lowest BCUT2D eigenvalue weighted by molar-refractivity contribution is -0.161. The van der Waals surface area contributed by atoms with Crippen LogP contribution in [0.2, 0.25) is 0 Å². The molecule has 0 saturated heterocycles. The van der Waals surface area contributed by atoms with E-state index < -0.39 is 18.7 Å². The monoisotopic (exact) mass is 895 g/mol. The molecule has 0 aromatic carbocycles. The normalized spacial score (nSPS) is 11.9. The Labute approximate surface area is 388 Å². The molecule has 63 heavy (non-hydrogen) atoms. The molecular weight excluding hydrogens is 793 g/mol. The van der Waals surface area contributed by atoms with Crippen molar-refractivity contribution < 1.29 is 43.2 Å². The van der Waals surface area contributed by atoms with Crippen LogP contribution >= 0.6 is 0 Å². The van der Waals surface area contributed by atoms with Crippen LogP contribution in [0.15, 0.2) is 0 Å². The number of unbranched alkanes of at least 4 members (excludes halogenated alkanes) is 27. The largest absolute Gasteiger partial charge is 0.462 e. The molecule has 372 valence electrons. The third kappa shape index (κ3) is 43.5. The van der Waals surface area contributed by atoms with Crippen molar-refractivity contribution in [3.8, 4) is 0 Å². The van der Waals surface area contributed by atoms with E-state index in [0.29, 0.717) is 25.7 Å². The second-order valence-electron chi connectivity index (χ2n) is 18.6. The summed E-state index contributed by atoms with van der Waals surface area (Å²) in [5.74, 6) is -0.975. The van der Waals surface area contributed by atoms with Gasteiger partial charge in [0.15, 0.2) is 6.10 Å². The maximum Gasteiger partial charge on any atom is 0.306 e. The fourth-order valence-corrected chi connectivity index (χ4v) is 8.21. The van der Waals surface area contributed by atoms with Crippen molar-refractivity contribution in [1.82, 2.24) is 0 Å². The van der Waals surface area contributed by atoms with Crippen LogP contribution in [0.4, 0.5) is 0 Å². The maximum atomic E-state index is 12.7. The first kappa shape index (κ1) is 60.8. The summed E-state index contributed by atoms with van der Waals surface area (Å²) in [6.07, 6.45) is 41.3. The number of hydrogen-bond donors (Lipinski definition) is 1. The highest BCUT2D eigenvalue weighted by molar-refractivity contribution is 5.71. The predicted octanol–water partition coefficient (Wildman–Crippen LogP) is 15.3. The van der Waals surface area contributed by atoms with Crippen molar-refractivity contribution in [2.24, 2.45) is 0 Å². The molecular formula is C54H102O9. The first-order chi connectivity index (χ1) is 30.8. The quantitative estimate of drug-likeness (QED) is 0.0361. The van der Waals surface area contributed by atoms with Crippen LogP contribution in [0.1, 0.15) is 291 Å². The summed E-state index contributed by atoms with van der Waals surface area (Å²) in [6, 6.07) is 0. The Morgan fingerprint density at radius 3 is 0.841 bits per heavy atom. The molecule has 0 saturated carbocycles. The Bertz CT molecular complexity index is 1000. The van der Waals surface area contributed by atoms with Crippen LogP contribution in [0.25, 0.3) is 0 Å². The van der Waals surface area contributed by atoms with Gasteiger partial charge in [-0.2, -0.15) is 0 Å². The Hall–Kier alpha value is -2.16. The second kappa shape index (κ2) is 47.8. The van der Waals surface area contributed by atoms with Gasteiger partial charge in [-0.25, -0.2) is 0 Å². The van der Waals surface area contributed by atoms with Gasteiger partial charge in [-0.3, -0.25) is 19.2 Å². The minimum Gasteiger partial charge on any atom is -0.462 e. The zero-order valence-electron chi connectivity index (χ0n) is 41.9. The standard InChI is InChI=1S/C54H102O9/c1-5-9-13-17-22-30-38-48(39-31-23-18-14-10-6-2)61-52(57)43-35-27-21-26-34-42-51(56)60-47-50(46-55)63-54(59)45-37-29-28-36-44-53(58)62-49(40-32-24-19-15-11-7-3)41-33-25-20-16-12-8-4/h48-50,55H,5-47H2,1-4H3/t50-/m1/s1. The highest BCUT2D eigenvalue weighted by Gasteiger charge is 2.18. The minimum absolute atomic E-state index is 0.0283. The average molecular weight is 895 g/mol. The van der Waals surface area contributed by atoms with E-state index in [0.717, 1.165) is 96.3 Å². The van der Waals surface area contributed by atoms with Gasteiger partial charge < -0.3 is 24.1 Å². The summed E-state index contributed by atoms with van der Waals surface area (Å²) in [7, 11) is 0. The summed E-state index contributed by atoms with van der Waals surface area (Å²) >= 11 is 0. The maximum absolute atomic E-state index is 12.7. The van der Waals surface area contributed by atoms with E-state index >= 15 is 0 Å². The molecule has 0 rings (SSSR count). The van der Waals surface area contributed by atoms with Crippen molar-refractivity contribution in [3.05, 3.63) is 0 Å². The number of rotatable bonds is 49. The number of hydrogen-bond acceptors (Lipinski definition) is 9. The fraction of sp³-hybridized carbons (Fsp3) is 0.926. The smallest absolute Gasteiger partial charge is 0.306 e. The van der Waals surface area contributed by atoms with Gasteiger partial charge >= 0.3 is 23.9 Å². The molecule has 0 amide bonds. The lowest BCUT2D eigenvalue weighted by Crippen LogP contribution is -2.28. The third-order valence-corrected chi connectivity index (χ3v) is 12.3. The van der Waals surface area contributed by atoms with Gasteiger partial charge in [-0.05, 0) is 77.0 Å². The Morgan fingerprint density at radius 1 is 0.317 bits per heavy atom. The van der Waals surface area contributed by atoms with Gasteiger partial charge in [0.2, 0.25) is 0 Å². The van der Waals surface area contributed by atoms with Gasteiger partial charge in [0, 0.05) is 25.7 Å². The molecule has 1 atom stereocenters. The van der Waals surface area contributed by atoms with Gasteiger partial charge in [0.25, 0.3) is 0 Å². The van der Waals surface area contributed by atoms with Crippen LogP contribution in [0, 0.1) is 0 Å². The topological polar surface area (TPSA) is 125 Å². The number of carbonyl (C=O) groups is 4. The molecule has 9 heteroatoms. The third-order valence-electron chi connectivity index (χ3n) is 12.3. The minimum atomic E-state index is -0.882. The highest BCUT2D eigenvalue weighted by atomic mass is 16.6. The molecule has 0 bridgehead atoms. The fourth-order valence-electron chi connectivity index (χ4n) is 8.21. The molecule has 0 spiro atoms. The molecule has 9 nitrogen and oxygen atoms in total. The zero-order chi connectivity index (χ0) is 46.3. The summed E-state index contributed by atoms with van der Waals surface area (Å²) in [6.45, 7) is 8.37. The summed E-state index contributed by atoms with van der Waals surface area (Å²) in [5.41, 5.74) is 0. The van der Waals surface area contributed by atoms with Crippen LogP contribution in [0.5, 0.6) is 0 Å². The SMILES string of the molecule is CCCCCCCCC(CCCCCCCC)OC(=O)CCCCCCCC(=O)OC[C@@H](CO)OC(=O)CCCCCCC(=O)OC(CCCCCCCC)CCCCCCCC. The number of aliphatic hydroxyl groups is 1. The van der Waals surface area contributed by atoms with E-state index in [1.165, 1.54) is 128 Å². The molecule has 0 aliphatic rings. The Kier molecular flexibility index (Phi) is 46.2. The number of aliphatic hydroxyl groups excluding tert-OH is 1. The molecule has 0 heterocycles. The number of esters is 4. The van der Waals surface area contributed by atoms with Crippen molar-refractivity contribution in [3.63, 3.8) is 0 Å². The number of carbonyl (C=O) groups excluding carboxylic acids is 4. The van der Waals surface area contributed by atoms with Crippen molar-refractivity contribution >= 4 is 23.9 Å². The highest BCUT2D eigenvalue weighted by Crippen LogP contribution is 2.20. The van der Waals surface area contributed by atoms with Crippen LogP contribution < -0.4 is 0 Å². The van der Waals surface area contributed by atoms with E-state index in [1.807, 2.05) is 0 Å². The van der Waals surface area contributed by atoms with Crippen molar-refractivity contribution in [2.75, 3.05) is 13.2 Å². The van der Waals surface area contributed by atoms with E-state index in [9.17, 15) is 24.3 Å². The van der Waals surface area contributed by atoms with Gasteiger partial charge in [-0.1, -0.05) is 188 Å². The summed E-state index contributed by atoms with van der Waals surface area (Å²) in [5, 5.41) is 9.71. The average Bonchev–Trinajstić information content (AvgIpc) is 3.27. The number of ether oxygens (including phenoxy) is 4. The van der Waals surface area contributed by atoms with Gasteiger partial charge in [-0.15, -0.1) is 0 Å². The molecule has 0 unspecified atom stereocenters. The predicted molar refractivity (Wildman–Crippen MR) is 260 cm³/mol. The molecule has 0 aliphatic heterocycles. The van der Waals surface area contributed by atoms with E-state index in [1.54, 1.807) is 0 Å². The van der Waals surface area contributed by atoms with E-state index in [4.69, 9.17) is 18.9 Å². The lowest BCUT2D eigenvalue weighted by Gasteiger charge is -2.18. The molecule has 0 aliphatic carbocycles. The van der Waals surface area contributed by atoms with Crippen LogP contribution in [-0.4, -0.2) is 60.5 Å². The van der Waals surface area contributed by atoms with E-state index in [2.05, 4.69) is 27.7 Å². The van der Waals surface area contributed by atoms with Crippen molar-refractivity contribution in [1.29, 1.82) is 0 Å². The Morgan fingerprint density at radius 2 is 0.556 bits per heavy atom. The van der Waals surface area contributed by atoms with Gasteiger partial charge in [0.1, 0.15) is 18.8 Å². The van der Waals surface area contributed by atoms with Crippen LogP contribution in [0.3, 0.4) is 0 Å². The molecule has 1 N–H and O–H groups in total. The lowest BCUT2D eigenvalue weighted by atomic mass is 10.0. The van der Waals surface area contributed by atoms with Crippen molar-refractivity contribution in [2.45, 2.75) is 309 Å². The van der Waals surface area contributed by atoms with Gasteiger partial charge in [0.05, 0.1) is 6.61 Å². The molecule has 0 aromatic heterocycles. The van der Waals surface area contributed by atoms with E-state index in [-0.39, 0.29) is 49.6 Å². The molecule has 0 radical (unpaired) electrons. The summed E-state index contributed by atoms with van der Waals surface area (Å²) < 4.78 is 22.6. The zero-order valence-corrected chi connectivity index (χ0v) is 41.9. The second-order valence-corrected chi connectivity index (χ2v) is 18.6. The molecule has 0 aromatic rings. The summed E-state index contributed by atoms with van der Waals surface area (Å²) in [4.78, 5) is 50.1. The first-order valence-corrected chi connectivity index (χ1v) is 27.1.